The summed E-state index contributed by atoms with van der Waals surface area (Å²) < 4.78 is 6.52. The lowest BCUT2D eigenvalue weighted by molar-refractivity contribution is 0.603. The first-order valence-corrected chi connectivity index (χ1v) is 8.12. The number of rotatable bonds is 2. The maximum absolute atomic E-state index is 5.88. The number of thioether (sulfide) groups is 1. The molecule has 1 aromatic heterocycles. The van der Waals surface area contributed by atoms with E-state index in [2.05, 4.69) is 28.7 Å². The summed E-state index contributed by atoms with van der Waals surface area (Å²) in [5, 5.41) is 7.74. The van der Waals surface area contributed by atoms with Crippen LogP contribution in [0.2, 0.25) is 0 Å². The van der Waals surface area contributed by atoms with Crippen molar-refractivity contribution in [1.82, 2.24) is 5.43 Å². The zero-order valence-corrected chi connectivity index (χ0v) is 13.3. The Bertz CT molecular complexity index is 852. The second-order valence-corrected chi connectivity index (χ2v) is 6.09. The molecule has 3 aromatic rings. The number of thiocarbonyl (C=S) groups is 1. The third kappa shape index (κ3) is 2.80. The maximum Gasteiger partial charge on any atom is 0.153 e. The molecule has 0 unspecified atom stereocenters. The number of hydrogen-bond acceptors (Lipinski definition) is 4. The Morgan fingerprint density at radius 3 is 2.81 bits per heavy atom. The molecule has 0 atom stereocenters. The molecule has 0 aliphatic heterocycles. The molecular weight excluding hydrogens is 300 g/mol. The number of nitrogens with one attached hydrogen (secondary N) is 1. The van der Waals surface area contributed by atoms with Gasteiger partial charge >= 0.3 is 0 Å². The van der Waals surface area contributed by atoms with Crippen molar-refractivity contribution in [2.75, 3.05) is 6.26 Å². The van der Waals surface area contributed by atoms with Crippen molar-refractivity contribution < 1.29 is 4.42 Å². The van der Waals surface area contributed by atoms with E-state index in [0.29, 0.717) is 4.32 Å². The number of hydrazone groups is 1. The fraction of sp³-hybridized carbons (Fsp3) is 0.125. The molecule has 106 valence electrons. The Morgan fingerprint density at radius 2 is 2.00 bits per heavy atom. The zero-order valence-electron chi connectivity index (χ0n) is 11.7. The van der Waals surface area contributed by atoms with Gasteiger partial charge in [-0.05, 0) is 36.1 Å². The number of benzene rings is 2. The van der Waals surface area contributed by atoms with Gasteiger partial charge in [0.2, 0.25) is 0 Å². The normalized spacial score (nSPS) is 12.0. The van der Waals surface area contributed by atoms with Gasteiger partial charge in [-0.1, -0.05) is 54.3 Å². The summed E-state index contributed by atoms with van der Waals surface area (Å²) in [5.41, 5.74) is 4.47. The van der Waals surface area contributed by atoms with Crippen molar-refractivity contribution in [2.24, 2.45) is 5.10 Å². The average molecular weight is 314 g/mol. The molecule has 0 saturated heterocycles. The molecule has 3 nitrogen and oxygen atoms in total. The minimum atomic E-state index is 0.635. The highest BCUT2D eigenvalue weighted by atomic mass is 32.2. The summed E-state index contributed by atoms with van der Waals surface area (Å²) in [6.07, 6.45) is 1.91. The molecule has 0 spiro atoms. The van der Waals surface area contributed by atoms with Gasteiger partial charge in [0.15, 0.2) is 10.1 Å². The minimum Gasteiger partial charge on any atom is -0.455 e. The number of hydrogen-bond donors (Lipinski definition) is 1. The standard InChI is InChI=1S/C16H14N2OS2/c1-10(17-18-16(20)21-2)15-9-13-12-6-4-3-5-11(12)7-8-14(13)19-15/h3-9H,1-2H3,(H,18,20)/b17-10-. The molecule has 0 bridgehead atoms. The Morgan fingerprint density at radius 1 is 1.19 bits per heavy atom. The van der Waals surface area contributed by atoms with E-state index in [0.717, 1.165) is 22.4 Å². The smallest absolute Gasteiger partial charge is 0.153 e. The summed E-state index contributed by atoms with van der Waals surface area (Å²) in [6, 6.07) is 14.4. The predicted molar refractivity (Wildman–Crippen MR) is 95.2 cm³/mol. The second kappa shape index (κ2) is 5.87. The predicted octanol–water partition coefficient (Wildman–Crippen LogP) is 4.55. The fourth-order valence-corrected chi connectivity index (χ4v) is 2.38. The van der Waals surface area contributed by atoms with Crippen LogP contribution in [0.25, 0.3) is 21.7 Å². The van der Waals surface area contributed by atoms with E-state index in [1.165, 1.54) is 22.5 Å². The van der Waals surface area contributed by atoms with Crippen molar-refractivity contribution in [3.05, 3.63) is 48.2 Å². The lowest BCUT2D eigenvalue weighted by Gasteiger charge is -1.99. The van der Waals surface area contributed by atoms with Crippen molar-refractivity contribution in [1.29, 1.82) is 0 Å². The van der Waals surface area contributed by atoms with E-state index >= 15 is 0 Å². The van der Waals surface area contributed by atoms with Crippen molar-refractivity contribution >= 4 is 55.8 Å². The monoisotopic (exact) mass is 314 g/mol. The first-order chi connectivity index (χ1) is 10.2. The van der Waals surface area contributed by atoms with E-state index in [9.17, 15) is 0 Å². The highest BCUT2D eigenvalue weighted by Gasteiger charge is 2.09. The summed E-state index contributed by atoms with van der Waals surface area (Å²) in [7, 11) is 0. The van der Waals surface area contributed by atoms with Crippen LogP contribution in [0.1, 0.15) is 12.7 Å². The SMILES string of the molecule is CSC(=S)N/N=C(/C)c1cc2c(ccc3ccccc32)o1. The zero-order chi connectivity index (χ0) is 14.8. The van der Waals surface area contributed by atoms with Crippen LogP contribution in [-0.2, 0) is 0 Å². The van der Waals surface area contributed by atoms with Gasteiger partial charge in [0.05, 0.1) is 0 Å². The lowest BCUT2D eigenvalue weighted by Crippen LogP contribution is -2.12. The van der Waals surface area contributed by atoms with E-state index in [4.69, 9.17) is 16.6 Å². The average Bonchev–Trinajstić information content (AvgIpc) is 2.96. The van der Waals surface area contributed by atoms with Crippen LogP contribution in [0.4, 0.5) is 0 Å². The molecule has 2 aromatic carbocycles. The Balaban J connectivity index is 2.05. The highest BCUT2D eigenvalue weighted by Crippen LogP contribution is 2.28. The van der Waals surface area contributed by atoms with Crippen molar-refractivity contribution in [3.8, 4) is 0 Å². The molecule has 0 saturated carbocycles. The van der Waals surface area contributed by atoms with Crippen LogP contribution < -0.4 is 5.43 Å². The molecule has 5 heteroatoms. The third-order valence-electron chi connectivity index (χ3n) is 3.28. The second-order valence-electron chi connectivity index (χ2n) is 4.61. The van der Waals surface area contributed by atoms with Gasteiger partial charge in [0.1, 0.15) is 11.3 Å². The molecule has 1 N–H and O–H groups in total. The van der Waals surface area contributed by atoms with E-state index in [-0.39, 0.29) is 0 Å². The van der Waals surface area contributed by atoms with Crippen LogP contribution in [0, 0.1) is 0 Å². The number of nitrogens with zero attached hydrogens (tertiary/aromatic N) is 1. The molecule has 0 radical (unpaired) electrons. The van der Waals surface area contributed by atoms with Crippen LogP contribution in [0.15, 0.2) is 52.0 Å². The molecule has 1 heterocycles. The summed E-state index contributed by atoms with van der Waals surface area (Å²) in [5.74, 6) is 0.748. The molecule has 0 aliphatic rings. The van der Waals surface area contributed by atoms with Crippen molar-refractivity contribution in [2.45, 2.75) is 6.92 Å². The topological polar surface area (TPSA) is 37.5 Å². The first-order valence-electron chi connectivity index (χ1n) is 6.49. The molecule has 21 heavy (non-hydrogen) atoms. The van der Waals surface area contributed by atoms with Gasteiger partial charge in [0.25, 0.3) is 0 Å². The molecule has 3 rings (SSSR count). The van der Waals surface area contributed by atoms with Crippen LogP contribution >= 0.6 is 24.0 Å². The quantitative estimate of drug-likeness (QED) is 0.428. The van der Waals surface area contributed by atoms with Gasteiger partial charge in [-0.2, -0.15) is 5.10 Å². The summed E-state index contributed by atoms with van der Waals surface area (Å²) in [4.78, 5) is 0. The molecule has 0 fully saturated rings. The first kappa shape index (κ1) is 14.1. The van der Waals surface area contributed by atoms with Gasteiger partial charge in [-0.25, -0.2) is 0 Å². The van der Waals surface area contributed by atoms with Crippen molar-refractivity contribution in [3.63, 3.8) is 0 Å². The van der Waals surface area contributed by atoms with E-state index in [1.54, 1.807) is 0 Å². The van der Waals surface area contributed by atoms with Crippen LogP contribution in [-0.4, -0.2) is 16.3 Å². The fourth-order valence-electron chi connectivity index (χ4n) is 2.20. The Labute approximate surface area is 132 Å². The van der Waals surface area contributed by atoms with Gasteiger partial charge in [0, 0.05) is 5.39 Å². The molecule has 0 aliphatic carbocycles. The Hall–Kier alpha value is -1.85. The Kier molecular flexibility index (Phi) is 3.94. The summed E-state index contributed by atoms with van der Waals surface area (Å²) in [6.45, 7) is 1.90. The lowest BCUT2D eigenvalue weighted by atomic mass is 10.1. The van der Waals surface area contributed by atoms with Crippen LogP contribution in [0.3, 0.4) is 0 Å². The highest BCUT2D eigenvalue weighted by molar-refractivity contribution is 8.22. The third-order valence-corrected chi connectivity index (χ3v) is 4.34. The maximum atomic E-state index is 5.88. The largest absolute Gasteiger partial charge is 0.455 e. The molecule has 0 amide bonds. The van der Waals surface area contributed by atoms with E-state index < -0.39 is 0 Å². The number of fused-ring (bicyclic) bond motifs is 3. The summed E-state index contributed by atoms with van der Waals surface area (Å²) >= 11 is 6.52. The molecular formula is C16H14N2OS2. The minimum absolute atomic E-state index is 0.635. The van der Waals surface area contributed by atoms with Crippen LogP contribution in [0.5, 0.6) is 0 Å². The van der Waals surface area contributed by atoms with Gasteiger partial charge in [-0.3, -0.25) is 5.43 Å². The van der Waals surface area contributed by atoms with Gasteiger partial charge < -0.3 is 4.42 Å². The number of furan rings is 1. The van der Waals surface area contributed by atoms with Gasteiger partial charge in [-0.15, -0.1) is 0 Å². The van der Waals surface area contributed by atoms with E-state index in [1.807, 2.05) is 37.4 Å².